The summed E-state index contributed by atoms with van der Waals surface area (Å²) in [5.41, 5.74) is 0. The van der Waals surface area contributed by atoms with Gasteiger partial charge in [-0.25, -0.2) is 0 Å². The summed E-state index contributed by atoms with van der Waals surface area (Å²) in [7, 11) is -0.218. The second-order valence-corrected chi connectivity index (χ2v) is 7.37. The monoisotopic (exact) mass is 262 g/mol. The molecule has 13 heavy (non-hydrogen) atoms. The number of alkyl halides is 3. The van der Waals surface area contributed by atoms with Crippen molar-refractivity contribution in [3.8, 4) is 0 Å². The zero-order valence-electron chi connectivity index (χ0n) is 7.99. The van der Waals surface area contributed by atoms with Crippen LogP contribution in [-0.4, -0.2) is 20.2 Å². The van der Waals surface area contributed by atoms with E-state index in [9.17, 15) is 0 Å². The van der Waals surface area contributed by atoms with Crippen molar-refractivity contribution in [3.05, 3.63) is 0 Å². The molecule has 80 valence electrons. The van der Waals surface area contributed by atoms with Crippen LogP contribution in [0.25, 0.3) is 0 Å². The van der Waals surface area contributed by atoms with Crippen LogP contribution in [-0.2, 0) is 4.43 Å². The molecule has 0 saturated heterocycles. The maximum absolute atomic E-state index is 5.60. The highest BCUT2D eigenvalue weighted by atomic mass is 35.6. The van der Waals surface area contributed by atoms with E-state index in [-0.39, 0.29) is 9.76 Å². The summed E-state index contributed by atoms with van der Waals surface area (Å²) in [4.78, 5) is 0. The van der Waals surface area contributed by atoms with Crippen molar-refractivity contribution in [1.82, 2.24) is 0 Å². The van der Waals surface area contributed by atoms with Crippen LogP contribution in [0.4, 0.5) is 0 Å². The molecule has 0 rings (SSSR count). The van der Waals surface area contributed by atoms with Gasteiger partial charge in [0.2, 0.25) is 0 Å². The van der Waals surface area contributed by atoms with Gasteiger partial charge in [-0.05, 0) is 25.3 Å². The van der Waals surface area contributed by atoms with E-state index >= 15 is 0 Å². The van der Waals surface area contributed by atoms with Gasteiger partial charge < -0.3 is 4.43 Å². The van der Waals surface area contributed by atoms with Gasteiger partial charge in [-0.15, -0.1) is 0 Å². The summed E-state index contributed by atoms with van der Waals surface area (Å²) < 4.78 is 4.38. The smallest absolute Gasteiger partial charge is 0.190 e. The number of halogens is 3. The Morgan fingerprint density at radius 3 is 2.38 bits per heavy atom. The molecule has 5 heteroatoms. The molecule has 0 aromatic heterocycles. The number of unbranched alkanes of at least 4 members (excludes halogenated alkanes) is 2. The minimum atomic E-state index is -1.07. The Kier molecular flexibility index (Phi) is 9.04. The molecule has 0 N–H and O–H groups in total. The average molecular weight is 264 g/mol. The zero-order chi connectivity index (χ0) is 10.2. The van der Waals surface area contributed by atoms with E-state index in [1.807, 2.05) is 0 Å². The Labute approximate surface area is 98.0 Å². The molecule has 0 aromatic carbocycles. The first kappa shape index (κ1) is 14.0. The van der Waals surface area contributed by atoms with Crippen LogP contribution >= 0.6 is 34.8 Å². The molecule has 0 aliphatic carbocycles. The highest BCUT2D eigenvalue weighted by Crippen LogP contribution is 2.31. The third-order valence-corrected chi connectivity index (χ3v) is 3.15. The predicted octanol–water partition coefficient (Wildman–Crippen LogP) is 3.46. The van der Waals surface area contributed by atoms with Gasteiger partial charge in [-0.2, -0.15) is 0 Å². The molecule has 1 nitrogen and oxygen atoms in total. The molecule has 0 aliphatic heterocycles. The summed E-state index contributed by atoms with van der Waals surface area (Å²) in [5.74, 6) is 0. The lowest BCUT2D eigenvalue weighted by Gasteiger charge is -2.09. The molecule has 0 unspecified atom stereocenters. The summed E-state index contributed by atoms with van der Waals surface area (Å²) in [6, 6.07) is 1.22. The van der Waals surface area contributed by atoms with Crippen LogP contribution in [0.1, 0.15) is 32.6 Å². The van der Waals surface area contributed by atoms with Gasteiger partial charge in [0.25, 0.3) is 0 Å². The van der Waals surface area contributed by atoms with Crippen LogP contribution in [0.2, 0.25) is 6.04 Å². The van der Waals surface area contributed by atoms with Crippen molar-refractivity contribution in [2.24, 2.45) is 0 Å². The lowest BCUT2D eigenvalue weighted by Crippen LogP contribution is -2.02. The second-order valence-electron chi connectivity index (χ2n) is 3.04. The largest absolute Gasteiger partial charge is 0.424 e. The molecular weight excluding hydrogens is 247 g/mol. The normalized spacial score (nSPS) is 12.9. The minimum absolute atomic E-state index is 0.218. The average Bonchev–Trinajstić information content (AvgIpc) is 2.01. The molecule has 0 aromatic rings. The highest BCUT2D eigenvalue weighted by Gasteiger charge is 2.17. The van der Waals surface area contributed by atoms with Crippen molar-refractivity contribution in [1.29, 1.82) is 0 Å². The fourth-order valence-corrected chi connectivity index (χ4v) is 2.05. The van der Waals surface area contributed by atoms with Crippen molar-refractivity contribution in [3.63, 3.8) is 0 Å². The molecule has 0 saturated carbocycles. The van der Waals surface area contributed by atoms with Gasteiger partial charge in [0.1, 0.15) is 0 Å². The van der Waals surface area contributed by atoms with E-state index < -0.39 is 3.79 Å². The Morgan fingerprint density at radius 1 is 1.15 bits per heavy atom. The maximum Gasteiger partial charge on any atom is 0.190 e. The van der Waals surface area contributed by atoms with Crippen molar-refractivity contribution in [2.45, 2.75) is 42.4 Å². The molecule has 0 atom stereocenters. The van der Waals surface area contributed by atoms with E-state index in [2.05, 4.69) is 6.92 Å². The summed E-state index contributed by atoms with van der Waals surface area (Å²) in [6.45, 7) is 3.05. The topological polar surface area (TPSA) is 9.23 Å². The molecule has 0 amide bonds. The van der Waals surface area contributed by atoms with E-state index in [0.29, 0.717) is 6.42 Å². The van der Waals surface area contributed by atoms with Gasteiger partial charge in [0.05, 0.1) is 0 Å². The summed E-state index contributed by atoms with van der Waals surface area (Å²) in [6.07, 6.45) is 3.79. The lowest BCUT2D eigenvalue weighted by molar-refractivity contribution is 0.321. The minimum Gasteiger partial charge on any atom is -0.424 e. The van der Waals surface area contributed by atoms with Crippen molar-refractivity contribution < 1.29 is 4.43 Å². The number of hydrogen-bond donors (Lipinski definition) is 0. The highest BCUT2D eigenvalue weighted by molar-refractivity contribution is 6.67. The van der Waals surface area contributed by atoms with Gasteiger partial charge in [0.15, 0.2) is 13.6 Å². The van der Waals surface area contributed by atoms with Crippen LogP contribution < -0.4 is 0 Å². The fraction of sp³-hybridized carbons (Fsp3) is 1.00. The summed E-state index contributed by atoms with van der Waals surface area (Å²) >= 11 is 16.8. The maximum atomic E-state index is 5.60. The first-order valence-corrected chi connectivity index (χ1v) is 7.42. The zero-order valence-corrected chi connectivity index (χ0v) is 11.7. The first-order valence-electron chi connectivity index (χ1n) is 4.70. The third kappa shape index (κ3) is 13.0. The molecule has 0 fully saturated rings. The molecule has 0 spiro atoms. The van der Waals surface area contributed by atoms with Crippen LogP contribution in [0, 0.1) is 0 Å². The van der Waals surface area contributed by atoms with E-state index in [1.54, 1.807) is 0 Å². The van der Waals surface area contributed by atoms with Gasteiger partial charge in [-0.1, -0.05) is 48.1 Å². The molecule has 0 bridgehead atoms. The van der Waals surface area contributed by atoms with E-state index in [1.165, 1.54) is 6.04 Å². The first-order chi connectivity index (χ1) is 6.06. The summed E-state index contributed by atoms with van der Waals surface area (Å²) in [5, 5.41) is 0. The van der Waals surface area contributed by atoms with Crippen LogP contribution in [0.15, 0.2) is 0 Å². The van der Waals surface area contributed by atoms with Crippen molar-refractivity contribution in [2.75, 3.05) is 6.61 Å². The Bertz CT molecular complexity index is 116. The number of hydrogen-bond acceptors (Lipinski definition) is 1. The predicted molar refractivity (Wildman–Crippen MR) is 63.7 cm³/mol. The molecule has 0 radical (unpaired) electrons. The quantitative estimate of drug-likeness (QED) is 0.388. The number of rotatable bonds is 7. The van der Waals surface area contributed by atoms with E-state index in [4.69, 9.17) is 39.2 Å². The third-order valence-electron chi connectivity index (χ3n) is 1.60. The molecule has 0 aliphatic rings. The fourth-order valence-electron chi connectivity index (χ4n) is 0.953. The van der Waals surface area contributed by atoms with Crippen LogP contribution in [0.5, 0.6) is 0 Å². The van der Waals surface area contributed by atoms with E-state index in [0.717, 1.165) is 25.9 Å². The van der Waals surface area contributed by atoms with Gasteiger partial charge in [0, 0.05) is 6.61 Å². The molecular formula is C8H17Cl3OSi. The standard InChI is InChI=1S/C8H17Cl3OSi/c1-2-13-12-7-5-3-4-6-8(9,10)11/h2-7,13H2,1H3. The molecule has 0 heterocycles. The van der Waals surface area contributed by atoms with Crippen LogP contribution in [0.3, 0.4) is 0 Å². The SMILES string of the molecule is CC[SiH2]OCCCCCC(Cl)(Cl)Cl. The lowest BCUT2D eigenvalue weighted by atomic mass is 10.2. The second kappa shape index (κ2) is 8.36. The Morgan fingerprint density at radius 2 is 1.85 bits per heavy atom. The van der Waals surface area contributed by atoms with Crippen molar-refractivity contribution >= 4 is 44.6 Å². The van der Waals surface area contributed by atoms with Gasteiger partial charge >= 0.3 is 0 Å². The Balaban J connectivity index is 3.00. The Hall–Kier alpha value is 1.05. The van der Waals surface area contributed by atoms with Gasteiger partial charge in [-0.3, -0.25) is 0 Å².